The van der Waals surface area contributed by atoms with Gasteiger partial charge in [-0.05, 0) is 36.8 Å². The molecular weight excluding hydrogens is 184 g/mol. The van der Waals surface area contributed by atoms with Crippen molar-refractivity contribution in [1.82, 2.24) is 5.43 Å². The molecular formula is C13H20N2. The molecule has 1 saturated carbocycles. The Morgan fingerprint density at radius 1 is 1.40 bits per heavy atom. The fourth-order valence-corrected chi connectivity index (χ4v) is 2.07. The van der Waals surface area contributed by atoms with Crippen LogP contribution in [0.3, 0.4) is 0 Å². The maximum absolute atomic E-state index is 5.60. The maximum Gasteiger partial charge on any atom is 0.0253 e. The summed E-state index contributed by atoms with van der Waals surface area (Å²) in [7, 11) is 0. The molecule has 2 heteroatoms. The van der Waals surface area contributed by atoms with Crippen molar-refractivity contribution >= 4 is 0 Å². The van der Waals surface area contributed by atoms with E-state index in [1.54, 1.807) is 0 Å². The van der Waals surface area contributed by atoms with Crippen LogP contribution in [0, 0.1) is 12.8 Å². The Morgan fingerprint density at radius 2 is 2.13 bits per heavy atom. The van der Waals surface area contributed by atoms with Gasteiger partial charge in [0.05, 0.1) is 0 Å². The average molecular weight is 204 g/mol. The highest BCUT2D eigenvalue weighted by Gasteiger charge is 2.25. The van der Waals surface area contributed by atoms with Crippen LogP contribution in [0.1, 0.15) is 30.4 Å². The summed E-state index contributed by atoms with van der Waals surface area (Å²) < 4.78 is 0. The first-order valence-electron chi connectivity index (χ1n) is 5.80. The van der Waals surface area contributed by atoms with E-state index in [0.29, 0.717) is 6.04 Å². The quantitative estimate of drug-likeness (QED) is 0.570. The van der Waals surface area contributed by atoms with Crippen LogP contribution in [-0.2, 0) is 6.42 Å². The van der Waals surface area contributed by atoms with Gasteiger partial charge < -0.3 is 0 Å². The van der Waals surface area contributed by atoms with E-state index in [1.165, 1.54) is 30.4 Å². The smallest absolute Gasteiger partial charge is 0.0253 e. The summed E-state index contributed by atoms with van der Waals surface area (Å²) in [6, 6.07) is 9.00. The van der Waals surface area contributed by atoms with Gasteiger partial charge in [-0.1, -0.05) is 37.1 Å². The molecule has 2 rings (SSSR count). The van der Waals surface area contributed by atoms with Crippen molar-refractivity contribution in [3.8, 4) is 0 Å². The Hall–Kier alpha value is -0.860. The van der Waals surface area contributed by atoms with Gasteiger partial charge in [-0.25, -0.2) is 0 Å². The number of rotatable bonds is 5. The molecule has 1 aliphatic carbocycles. The highest BCUT2D eigenvalue weighted by Crippen LogP contribution is 2.34. The summed E-state index contributed by atoms with van der Waals surface area (Å²) in [5.41, 5.74) is 5.74. The fourth-order valence-electron chi connectivity index (χ4n) is 2.07. The van der Waals surface area contributed by atoms with Crippen LogP contribution in [0.4, 0.5) is 0 Å². The highest BCUT2D eigenvalue weighted by atomic mass is 15.2. The molecule has 15 heavy (non-hydrogen) atoms. The molecule has 3 N–H and O–H groups in total. The van der Waals surface area contributed by atoms with Crippen molar-refractivity contribution in [2.75, 3.05) is 0 Å². The van der Waals surface area contributed by atoms with Gasteiger partial charge in [0, 0.05) is 6.04 Å². The third-order valence-electron chi connectivity index (χ3n) is 3.28. The summed E-state index contributed by atoms with van der Waals surface area (Å²) in [6.45, 7) is 2.17. The molecule has 1 unspecified atom stereocenters. The Balaban J connectivity index is 1.95. The first-order valence-corrected chi connectivity index (χ1v) is 5.80. The van der Waals surface area contributed by atoms with Crippen molar-refractivity contribution in [2.24, 2.45) is 11.8 Å². The van der Waals surface area contributed by atoms with Crippen LogP contribution in [0.2, 0.25) is 0 Å². The van der Waals surface area contributed by atoms with Gasteiger partial charge in [-0.2, -0.15) is 0 Å². The molecule has 0 radical (unpaired) electrons. The predicted octanol–water partition coefficient (Wildman–Crippen LogP) is 2.17. The molecule has 2 nitrogen and oxygen atoms in total. The zero-order valence-electron chi connectivity index (χ0n) is 9.37. The monoisotopic (exact) mass is 204 g/mol. The van der Waals surface area contributed by atoms with E-state index in [4.69, 9.17) is 5.84 Å². The van der Waals surface area contributed by atoms with Crippen LogP contribution in [0.5, 0.6) is 0 Å². The van der Waals surface area contributed by atoms with Crippen molar-refractivity contribution in [2.45, 2.75) is 38.6 Å². The van der Waals surface area contributed by atoms with Crippen molar-refractivity contribution in [3.63, 3.8) is 0 Å². The number of nitrogens with one attached hydrogen (secondary N) is 1. The summed E-state index contributed by atoms with van der Waals surface area (Å²) in [6.07, 6.45) is 5.07. The molecule has 0 saturated heterocycles. The topological polar surface area (TPSA) is 38.0 Å². The standard InChI is InChI=1S/C13H20N2/c1-10-4-2-3-5-12(10)9-13(15-14)8-11-6-7-11/h2-5,11,13,15H,6-9,14H2,1H3. The van der Waals surface area contributed by atoms with Gasteiger partial charge in [0.15, 0.2) is 0 Å². The van der Waals surface area contributed by atoms with E-state index in [2.05, 4.69) is 36.6 Å². The van der Waals surface area contributed by atoms with Gasteiger partial charge >= 0.3 is 0 Å². The summed E-state index contributed by atoms with van der Waals surface area (Å²) >= 11 is 0. The number of hydrogen-bond donors (Lipinski definition) is 2. The van der Waals surface area contributed by atoms with E-state index in [-0.39, 0.29) is 0 Å². The molecule has 1 aromatic carbocycles. The van der Waals surface area contributed by atoms with Crippen LogP contribution in [0.15, 0.2) is 24.3 Å². The lowest BCUT2D eigenvalue weighted by Gasteiger charge is -2.16. The molecule has 1 atom stereocenters. The Bertz CT molecular complexity index is 318. The minimum absolute atomic E-state index is 0.443. The summed E-state index contributed by atoms with van der Waals surface area (Å²) in [4.78, 5) is 0. The van der Waals surface area contributed by atoms with Crippen LogP contribution >= 0.6 is 0 Å². The zero-order chi connectivity index (χ0) is 10.7. The molecule has 0 aromatic heterocycles. The lowest BCUT2D eigenvalue weighted by atomic mass is 9.98. The molecule has 1 aliphatic rings. The number of aryl methyl sites for hydroxylation is 1. The van der Waals surface area contributed by atoms with Gasteiger partial charge in [0.1, 0.15) is 0 Å². The SMILES string of the molecule is Cc1ccccc1CC(CC1CC1)NN. The maximum atomic E-state index is 5.60. The van der Waals surface area contributed by atoms with E-state index >= 15 is 0 Å². The fraction of sp³-hybridized carbons (Fsp3) is 0.538. The Kier molecular flexibility index (Phi) is 3.39. The molecule has 0 heterocycles. The second-order valence-electron chi connectivity index (χ2n) is 4.67. The molecule has 1 aromatic rings. The molecule has 0 bridgehead atoms. The number of hydrogen-bond acceptors (Lipinski definition) is 2. The second kappa shape index (κ2) is 4.77. The normalized spacial score (nSPS) is 17.7. The van der Waals surface area contributed by atoms with Crippen molar-refractivity contribution in [3.05, 3.63) is 35.4 Å². The van der Waals surface area contributed by atoms with Gasteiger partial charge in [-0.3, -0.25) is 11.3 Å². The molecule has 82 valence electrons. The lowest BCUT2D eigenvalue weighted by molar-refractivity contribution is 0.465. The molecule has 1 fully saturated rings. The van der Waals surface area contributed by atoms with E-state index in [0.717, 1.165) is 12.3 Å². The van der Waals surface area contributed by atoms with Crippen LogP contribution in [-0.4, -0.2) is 6.04 Å². The average Bonchev–Trinajstić information content (AvgIpc) is 3.04. The lowest BCUT2D eigenvalue weighted by Crippen LogP contribution is -2.37. The van der Waals surface area contributed by atoms with Gasteiger partial charge in [0.25, 0.3) is 0 Å². The van der Waals surface area contributed by atoms with Crippen LogP contribution < -0.4 is 11.3 Å². The Morgan fingerprint density at radius 3 is 2.73 bits per heavy atom. The Labute approximate surface area is 91.8 Å². The molecule has 0 aliphatic heterocycles. The minimum Gasteiger partial charge on any atom is -0.271 e. The van der Waals surface area contributed by atoms with Gasteiger partial charge in [-0.15, -0.1) is 0 Å². The van der Waals surface area contributed by atoms with E-state index in [9.17, 15) is 0 Å². The minimum atomic E-state index is 0.443. The summed E-state index contributed by atoms with van der Waals surface area (Å²) in [5.74, 6) is 6.52. The molecule has 0 amide bonds. The number of benzene rings is 1. The predicted molar refractivity (Wildman–Crippen MR) is 63.3 cm³/mol. The van der Waals surface area contributed by atoms with Gasteiger partial charge in [0.2, 0.25) is 0 Å². The van der Waals surface area contributed by atoms with Crippen molar-refractivity contribution < 1.29 is 0 Å². The third kappa shape index (κ3) is 3.05. The second-order valence-corrected chi connectivity index (χ2v) is 4.67. The molecule has 0 spiro atoms. The first kappa shape index (κ1) is 10.7. The van der Waals surface area contributed by atoms with E-state index in [1.807, 2.05) is 0 Å². The van der Waals surface area contributed by atoms with E-state index < -0.39 is 0 Å². The van der Waals surface area contributed by atoms with Crippen molar-refractivity contribution in [1.29, 1.82) is 0 Å². The van der Waals surface area contributed by atoms with Crippen LogP contribution in [0.25, 0.3) is 0 Å². The zero-order valence-corrected chi connectivity index (χ0v) is 9.37. The highest BCUT2D eigenvalue weighted by molar-refractivity contribution is 5.26. The third-order valence-corrected chi connectivity index (χ3v) is 3.28. The number of hydrazine groups is 1. The largest absolute Gasteiger partial charge is 0.271 e. The first-order chi connectivity index (χ1) is 7.29. The summed E-state index contributed by atoms with van der Waals surface area (Å²) in [5, 5.41) is 0. The number of nitrogens with two attached hydrogens (primary N) is 1.